The molecule has 0 aliphatic carbocycles. The van der Waals surface area contributed by atoms with Crippen LogP contribution in [0.1, 0.15) is 22.8 Å². The van der Waals surface area contributed by atoms with Crippen LogP contribution in [-0.4, -0.2) is 13.1 Å². The van der Waals surface area contributed by atoms with Crippen molar-refractivity contribution in [3.63, 3.8) is 0 Å². The second kappa shape index (κ2) is 4.42. The third-order valence-corrected chi connectivity index (χ3v) is 2.76. The Morgan fingerprint density at radius 2 is 2.00 bits per heavy atom. The van der Waals surface area contributed by atoms with Gasteiger partial charge in [0.25, 0.3) is 0 Å². The SMILES string of the molecule is C=C(C)c1cccc2ccc(C(=O)OC)cc12. The van der Waals surface area contributed by atoms with E-state index in [-0.39, 0.29) is 5.97 Å². The summed E-state index contributed by atoms with van der Waals surface area (Å²) in [6, 6.07) is 11.6. The van der Waals surface area contributed by atoms with E-state index in [4.69, 9.17) is 4.74 Å². The standard InChI is InChI=1S/C15H14O2/c1-10(2)13-6-4-5-11-7-8-12(9-14(11)13)15(16)17-3/h4-9H,1H2,2-3H3. The Labute approximate surface area is 101 Å². The van der Waals surface area contributed by atoms with Crippen molar-refractivity contribution in [1.82, 2.24) is 0 Å². The first-order chi connectivity index (χ1) is 8.13. The predicted molar refractivity (Wildman–Crippen MR) is 70.0 cm³/mol. The van der Waals surface area contributed by atoms with Crippen molar-refractivity contribution in [1.29, 1.82) is 0 Å². The van der Waals surface area contributed by atoms with Crippen LogP contribution in [0.15, 0.2) is 43.0 Å². The van der Waals surface area contributed by atoms with Crippen molar-refractivity contribution in [2.45, 2.75) is 6.92 Å². The molecule has 2 aromatic carbocycles. The Hall–Kier alpha value is -2.09. The third kappa shape index (κ3) is 2.07. The summed E-state index contributed by atoms with van der Waals surface area (Å²) in [6.07, 6.45) is 0. The Kier molecular flexibility index (Phi) is 2.96. The molecule has 0 amide bonds. The quantitative estimate of drug-likeness (QED) is 0.730. The van der Waals surface area contributed by atoms with Gasteiger partial charge in [-0.15, -0.1) is 0 Å². The number of esters is 1. The number of carbonyl (C=O) groups is 1. The second-order valence-corrected chi connectivity index (χ2v) is 4.01. The van der Waals surface area contributed by atoms with E-state index in [0.717, 1.165) is 21.9 Å². The first-order valence-electron chi connectivity index (χ1n) is 5.40. The molecule has 0 atom stereocenters. The molecule has 0 heterocycles. The van der Waals surface area contributed by atoms with Crippen LogP contribution in [0.3, 0.4) is 0 Å². The summed E-state index contributed by atoms with van der Waals surface area (Å²) in [4.78, 5) is 11.5. The molecule has 0 spiro atoms. The molecule has 0 unspecified atom stereocenters. The lowest BCUT2D eigenvalue weighted by Crippen LogP contribution is -2.00. The Morgan fingerprint density at radius 1 is 1.24 bits per heavy atom. The number of benzene rings is 2. The van der Waals surface area contributed by atoms with Crippen molar-refractivity contribution in [2.24, 2.45) is 0 Å². The zero-order valence-electron chi connectivity index (χ0n) is 9.99. The molecule has 0 fully saturated rings. The van der Waals surface area contributed by atoms with Gasteiger partial charge in [0.05, 0.1) is 12.7 Å². The van der Waals surface area contributed by atoms with Crippen LogP contribution in [-0.2, 0) is 4.74 Å². The maximum atomic E-state index is 11.5. The van der Waals surface area contributed by atoms with Crippen molar-refractivity contribution in [3.05, 3.63) is 54.1 Å². The lowest BCUT2D eigenvalue weighted by molar-refractivity contribution is 0.0601. The maximum Gasteiger partial charge on any atom is 0.337 e. The summed E-state index contributed by atoms with van der Waals surface area (Å²) in [7, 11) is 1.39. The molecule has 0 saturated carbocycles. The average Bonchev–Trinajstić information content (AvgIpc) is 2.36. The van der Waals surface area contributed by atoms with Crippen LogP contribution >= 0.6 is 0 Å². The highest BCUT2D eigenvalue weighted by atomic mass is 16.5. The van der Waals surface area contributed by atoms with Crippen LogP contribution in [0.4, 0.5) is 0 Å². The van der Waals surface area contributed by atoms with Gasteiger partial charge in [0.15, 0.2) is 0 Å². The zero-order chi connectivity index (χ0) is 12.4. The molecular formula is C15H14O2. The van der Waals surface area contributed by atoms with Gasteiger partial charge in [-0.2, -0.15) is 0 Å². The number of hydrogen-bond acceptors (Lipinski definition) is 2. The maximum absolute atomic E-state index is 11.5. The van der Waals surface area contributed by atoms with E-state index in [1.165, 1.54) is 7.11 Å². The third-order valence-electron chi connectivity index (χ3n) is 2.76. The van der Waals surface area contributed by atoms with Gasteiger partial charge in [0, 0.05) is 0 Å². The number of carbonyl (C=O) groups excluding carboxylic acids is 1. The molecule has 0 aliphatic rings. The van der Waals surface area contributed by atoms with Crippen molar-refractivity contribution < 1.29 is 9.53 Å². The van der Waals surface area contributed by atoms with Gasteiger partial charge in [-0.25, -0.2) is 4.79 Å². The molecule has 0 saturated heterocycles. The molecule has 2 aromatic rings. The molecule has 86 valence electrons. The fraction of sp³-hybridized carbons (Fsp3) is 0.133. The van der Waals surface area contributed by atoms with Gasteiger partial charge in [-0.05, 0) is 35.4 Å². The summed E-state index contributed by atoms with van der Waals surface area (Å²) in [5.74, 6) is -0.316. The van der Waals surface area contributed by atoms with E-state index in [1.54, 1.807) is 6.07 Å². The molecule has 0 aromatic heterocycles. The average molecular weight is 226 g/mol. The first-order valence-corrected chi connectivity index (χ1v) is 5.40. The monoisotopic (exact) mass is 226 g/mol. The number of methoxy groups -OCH3 is 1. The number of hydrogen-bond donors (Lipinski definition) is 0. The molecule has 0 radical (unpaired) electrons. The van der Waals surface area contributed by atoms with Gasteiger partial charge < -0.3 is 4.74 Å². The molecule has 0 aliphatic heterocycles. The van der Waals surface area contributed by atoms with Gasteiger partial charge in [0.2, 0.25) is 0 Å². The van der Waals surface area contributed by atoms with Gasteiger partial charge in [-0.3, -0.25) is 0 Å². The highest BCUT2D eigenvalue weighted by Gasteiger charge is 2.08. The molecule has 2 nitrogen and oxygen atoms in total. The van der Waals surface area contributed by atoms with Crippen LogP contribution in [0.5, 0.6) is 0 Å². The normalized spacial score (nSPS) is 10.2. The minimum Gasteiger partial charge on any atom is -0.465 e. The van der Waals surface area contributed by atoms with Crippen LogP contribution in [0, 0.1) is 0 Å². The summed E-state index contributed by atoms with van der Waals surface area (Å²) >= 11 is 0. The smallest absolute Gasteiger partial charge is 0.337 e. The molecule has 17 heavy (non-hydrogen) atoms. The van der Waals surface area contributed by atoms with E-state index >= 15 is 0 Å². The molecule has 0 bridgehead atoms. The van der Waals surface area contributed by atoms with E-state index in [0.29, 0.717) is 5.56 Å². The predicted octanol–water partition coefficient (Wildman–Crippen LogP) is 3.66. The molecule has 2 heteroatoms. The summed E-state index contributed by atoms with van der Waals surface area (Å²) in [6.45, 7) is 5.91. The number of ether oxygens (including phenoxy) is 1. The zero-order valence-corrected chi connectivity index (χ0v) is 9.99. The van der Waals surface area contributed by atoms with Gasteiger partial charge in [0.1, 0.15) is 0 Å². The fourth-order valence-corrected chi connectivity index (χ4v) is 1.89. The summed E-state index contributed by atoms with van der Waals surface area (Å²) < 4.78 is 4.72. The number of allylic oxidation sites excluding steroid dienone is 1. The van der Waals surface area contributed by atoms with Crippen LogP contribution in [0.25, 0.3) is 16.3 Å². The molecule has 2 rings (SSSR count). The Morgan fingerprint density at radius 3 is 2.65 bits per heavy atom. The van der Waals surface area contributed by atoms with Crippen LogP contribution < -0.4 is 0 Å². The Bertz CT molecular complexity index is 597. The first kappa shape index (κ1) is 11.4. The van der Waals surface area contributed by atoms with Gasteiger partial charge >= 0.3 is 5.97 Å². The molecular weight excluding hydrogens is 212 g/mol. The summed E-state index contributed by atoms with van der Waals surface area (Å²) in [5, 5.41) is 2.13. The number of rotatable bonds is 2. The Balaban J connectivity index is 2.70. The highest BCUT2D eigenvalue weighted by Crippen LogP contribution is 2.25. The lowest BCUT2D eigenvalue weighted by Gasteiger charge is -2.07. The van der Waals surface area contributed by atoms with Crippen LogP contribution in [0.2, 0.25) is 0 Å². The minimum atomic E-state index is -0.316. The topological polar surface area (TPSA) is 26.3 Å². The van der Waals surface area contributed by atoms with E-state index in [9.17, 15) is 4.79 Å². The van der Waals surface area contributed by atoms with E-state index in [2.05, 4.69) is 6.58 Å². The van der Waals surface area contributed by atoms with Crippen molar-refractivity contribution in [2.75, 3.05) is 7.11 Å². The fourth-order valence-electron chi connectivity index (χ4n) is 1.89. The molecule has 0 N–H and O–H groups in total. The van der Waals surface area contributed by atoms with Gasteiger partial charge in [-0.1, -0.05) is 36.4 Å². The van der Waals surface area contributed by atoms with E-state index < -0.39 is 0 Å². The largest absolute Gasteiger partial charge is 0.465 e. The highest BCUT2D eigenvalue weighted by molar-refractivity contribution is 5.99. The van der Waals surface area contributed by atoms with Crippen molar-refractivity contribution >= 4 is 22.3 Å². The minimum absolute atomic E-state index is 0.316. The van der Waals surface area contributed by atoms with E-state index in [1.807, 2.05) is 37.3 Å². The second-order valence-electron chi connectivity index (χ2n) is 4.01. The van der Waals surface area contributed by atoms with Crippen molar-refractivity contribution in [3.8, 4) is 0 Å². The lowest BCUT2D eigenvalue weighted by atomic mass is 9.98. The summed E-state index contributed by atoms with van der Waals surface area (Å²) in [5.41, 5.74) is 2.61. The number of fused-ring (bicyclic) bond motifs is 1.